The molecule has 0 spiro atoms. The van der Waals surface area contributed by atoms with Gasteiger partial charge < -0.3 is 16.0 Å². The molecule has 130 valence electrons. The molecule has 1 heterocycles. The number of nitrogens with two attached hydrogens (primary N) is 1. The van der Waals surface area contributed by atoms with E-state index in [9.17, 15) is 9.59 Å². The van der Waals surface area contributed by atoms with Crippen LogP contribution in [0, 0.1) is 0 Å². The third kappa shape index (κ3) is 4.18. The molecule has 1 unspecified atom stereocenters. The van der Waals surface area contributed by atoms with Gasteiger partial charge in [0.25, 0.3) is 0 Å². The Morgan fingerprint density at radius 1 is 1.20 bits per heavy atom. The van der Waals surface area contributed by atoms with Crippen LogP contribution >= 0.6 is 11.6 Å². The molecule has 6 heteroatoms. The monoisotopic (exact) mass is 357 g/mol. The summed E-state index contributed by atoms with van der Waals surface area (Å²) in [4.78, 5) is 26.5. The summed E-state index contributed by atoms with van der Waals surface area (Å²) >= 11 is 5.88. The summed E-state index contributed by atoms with van der Waals surface area (Å²) < 4.78 is 0. The molecule has 1 aliphatic heterocycles. The maximum atomic E-state index is 12.5. The van der Waals surface area contributed by atoms with Gasteiger partial charge in [-0.05, 0) is 42.7 Å². The number of rotatable bonds is 5. The first-order chi connectivity index (χ1) is 12.0. The third-order valence-electron chi connectivity index (χ3n) is 4.30. The standard InChI is InChI=1S/C19H20ClN3O2/c20-14-6-8-15(9-7-14)23-11-10-17(19(23)25)22-18(24)16(21)12-13-4-2-1-3-5-13/h1-9,16-17H,10-12,21H2,(H,22,24)/t16-,17?/m0/s1. The molecule has 3 N–H and O–H groups in total. The van der Waals surface area contributed by atoms with Crippen LogP contribution in [0.15, 0.2) is 54.6 Å². The SMILES string of the molecule is N[C@@H](Cc1ccccc1)C(=O)NC1CCN(c2ccc(Cl)cc2)C1=O. The highest BCUT2D eigenvalue weighted by Crippen LogP contribution is 2.23. The molecule has 3 rings (SSSR count). The van der Waals surface area contributed by atoms with E-state index in [0.717, 1.165) is 11.3 Å². The maximum Gasteiger partial charge on any atom is 0.249 e. The van der Waals surface area contributed by atoms with Crippen molar-refractivity contribution < 1.29 is 9.59 Å². The van der Waals surface area contributed by atoms with Gasteiger partial charge in [-0.15, -0.1) is 0 Å². The van der Waals surface area contributed by atoms with E-state index in [0.29, 0.717) is 24.4 Å². The summed E-state index contributed by atoms with van der Waals surface area (Å²) in [5.74, 6) is -0.428. The normalized spacial score (nSPS) is 18.2. The van der Waals surface area contributed by atoms with Crippen molar-refractivity contribution in [1.29, 1.82) is 0 Å². The summed E-state index contributed by atoms with van der Waals surface area (Å²) in [6, 6.07) is 15.4. The Morgan fingerprint density at radius 3 is 2.56 bits per heavy atom. The van der Waals surface area contributed by atoms with Crippen molar-refractivity contribution >= 4 is 29.1 Å². The first kappa shape index (κ1) is 17.5. The highest BCUT2D eigenvalue weighted by molar-refractivity contribution is 6.30. The average molecular weight is 358 g/mol. The maximum absolute atomic E-state index is 12.5. The van der Waals surface area contributed by atoms with Gasteiger partial charge in [-0.25, -0.2) is 0 Å². The molecule has 0 aromatic heterocycles. The molecular formula is C19H20ClN3O2. The highest BCUT2D eigenvalue weighted by Gasteiger charge is 2.34. The number of hydrogen-bond donors (Lipinski definition) is 2. The lowest BCUT2D eigenvalue weighted by Gasteiger charge is -2.18. The van der Waals surface area contributed by atoms with Crippen LogP contribution in [-0.2, 0) is 16.0 Å². The predicted octanol–water partition coefficient (Wildman–Crippen LogP) is 2.13. The Labute approximate surface area is 151 Å². The fourth-order valence-electron chi connectivity index (χ4n) is 2.93. The van der Waals surface area contributed by atoms with Crippen LogP contribution in [0.2, 0.25) is 5.02 Å². The minimum atomic E-state index is -0.681. The van der Waals surface area contributed by atoms with E-state index >= 15 is 0 Å². The van der Waals surface area contributed by atoms with Crippen molar-refractivity contribution in [3.05, 3.63) is 65.2 Å². The van der Waals surface area contributed by atoms with E-state index in [1.807, 2.05) is 30.3 Å². The number of carbonyl (C=O) groups is 2. The molecule has 1 saturated heterocycles. The summed E-state index contributed by atoms with van der Waals surface area (Å²) in [5.41, 5.74) is 7.75. The topological polar surface area (TPSA) is 75.4 Å². The van der Waals surface area contributed by atoms with Gasteiger partial charge in [0.05, 0.1) is 6.04 Å². The Kier molecular flexibility index (Phi) is 5.36. The van der Waals surface area contributed by atoms with Crippen LogP contribution < -0.4 is 16.0 Å². The van der Waals surface area contributed by atoms with Crippen LogP contribution in [0.1, 0.15) is 12.0 Å². The van der Waals surface area contributed by atoms with Crippen molar-refractivity contribution in [2.45, 2.75) is 24.9 Å². The number of nitrogens with one attached hydrogen (secondary N) is 1. The Hall–Kier alpha value is -2.37. The minimum absolute atomic E-state index is 0.123. The first-order valence-electron chi connectivity index (χ1n) is 8.21. The van der Waals surface area contributed by atoms with Gasteiger partial charge in [-0.1, -0.05) is 41.9 Å². The fraction of sp³-hybridized carbons (Fsp3) is 0.263. The van der Waals surface area contributed by atoms with Gasteiger partial charge in [0, 0.05) is 17.3 Å². The van der Waals surface area contributed by atoms with Crippen LogP contribution in [0.3, 0.4) is 0 Å². The van der Waals surface area contributed by atoms with E-state index in [1.165, 1.54) is 0 Å². The molecule has 2 aromatic carbocycles. The average Bonchev–Trinajstić information content (AvgIpc) is 2.97. The molecular weight excluding hydrogens is 338 g/mol. The number of nitrogens with zero attached hydrogens (tertiary/aromatic N) is 1. The molecule has 0 saturated carbocycles. The number of benzene rings is 2. The molecule has 0 aliphatic carbocycles. The van der Waals surface area contributed by atoms with Crippen molar-refractivity contribution in [3.8, 4) is 0 Å². The van der Waals surface area contributed by atoms with Gasteiger partial charge >= 0.3 is 0 Å². The van der Waals surface area contributed by atoms with E-state index in [-0.39, 0.29) is 11.8 Å². The zero-order chi connectivity index (χ0) is 17.8. The summed E-state index contributed by atoms with van der Waals surface area (Å²) in [7, 11) is 0. The van der Waals surface area contributed by atoms with E-state index in [2.05, 4.69) is 5.32 Å². The zero-order valence-electron chi connectivity index (χ0n) is 13.7. The Bertz CT molecular complexity index is 749. The minimum Gasteiger partial charge on any atom is -0.343 e. The lowest BCUT2D eigenvalue weighted by Crippen LogP contribution is -2.49. The number of halogens is 1. The van der Waals surface area contributed by atoms with Crippen LogP contribution in [0.5, 0.6) is 0 Å². The molecule has 0 radical (unpaired) electrons. The van der Waals surface area contributed by atoms with Crippen molar-refractivity contribution in [2.75, 3.05) is 11.4 Å². The first-order valence-corrected chi connectivity index (χ1v) is 8.59. The number of amides is 2. The van der Waals surface area contributed by atoms with E-state index in [1.54, 1.807) is 29.2 Å². The van der Waals surface area contributed by atoms with Gasteiger partial charge in [-0.2, -0.15) is 0 Å². The second-order valence-corrected chi connectivity index (χ2v) is 6.55. The molecule has 0 bridgehead atoms. The van der Waals surface area contributed by atoms with E-state index < -0.39 is 12.1 Å². The Morgan fingerprint density at radius 2 is 1.88 bits per heavy atom. The molecule has 2 atom stereocenters. The van der Waals surface area contributed by atoms with Crippen molar-refractivity contribution in [1.82, 2.24) is 5.32 Å². The van der Waals surface area contributed by atoms with Gasteiger partial charge in [0.1, 0.15) is 6.04 Å². The molecule has 2 aromatic rings. The van der Waals surface area contributed by atoms with Gasteiger partial charge in [0.2, 0.25) is 11.8 Å². The van der Waals surface area contributed by atoms with Crippen LogP contribution in [0.4, 0.5) is 5.69 Å². The number of carbonyl (C=O) groups excluding carboxylic acids is 2. The lowest BCUT2D eigenvalue weighted by atomic mass is 10.1. The van der Waals surface area contributed by atoms with Crippen LogP contribution in [-0.4, -0.2) is 30.4 Å². The predicted molar refractivity (Wildman–Crippen MR) is 98.5 cm³/mol. The van der Waals surface area contributed by atoms with Crippen LogP contribution in [0.25, 0.3) is 0 Å². The summed E-state index contributed by atoms with van der Waals surface area (Å²) in [5, 5.41) is 3.40. The molecule has 2 amide bonds. The largest absolute Gasteiger partial charge is 0.343 e. The molecule has 1 fully saturated rings. The summed E-state index contributed by atoms with van der Waals surface area (Å²) in [6.07, 6.45) is 1.000. The quantitative estimate of drug-likeness (QED) is 0.860. The summed E-state index contributed by atoms with van der Waals surface area (Å²) in [6.45, 7) is 0.555. The highest BCUT2D eigenvalue weighted by atomic mass is 35.5. The van der Waals surface area contributed by atoms with Gasteiger partial charge in [0.15, 0.2) is 0 Å². The van der Waals surface area contributed by atoms with Crippen molar-refractivity contribution in [2.24, 2.45) is 5.73 Å². The second-order valence-electron chi connectivity index (χ2n) is 6.11. The number of anilines is 1. The smallest absolute Gasteiger partial charge is 0.249 e. The number of hydrogen-bond acceptors (Lipinski definition) is 3. The fourth-order valence-corrected chi connectivity index (χ4v) is 3.06. The molecule has 5 nitrogen and oxygen atoms in total. The zero-order valence-corrected chi connectivity index (χ0v) is 14.4. The molecule has 1 aliphatic rings. The molecule has 25 heavy (non-hydrogen) atoms. The van der Waals surface area contributed by atoms with Crippen molar-refractivity contribution in [3.63, 3.8) is 0 Å². The lowest BCUT2D eigenvalue weighted by molar-refractivity contribution is -0.127. The van der Waals surface area contributed by atoms with E-state index in [4.69, 9.17) is 17.3 Å². The third-order valence-corrected chi connectivity index (χ3v) is 4.55. The second kappa shape index (κ2) is 7.68. The Balaban J connectivity index is 1.58. The van der Waals surface area contributed by atoms with Gasteiger partial charge in [-0.3, -0.25) is 9.59 Å².